The summed E-state index contributed by atoms with van der Waals surface area (Å²) >= 11 is 3.50. The van der Waals surface area contributed by atoms with Crippen LogP contribution in [0.4, 0.5) is 4.39 Å². The van der Waals surface area contributed by atoms with Crippen LogP contribution in [0.1, 0.15) is 30.5 Å². The largest absolute Gasteiger partial charge is 0.496 e. The van der Waals surface area contributed by atoms with Crippen molar-refractivity contribution in [2.75, 3.05) is 20.2 Å². The van der Waals surface area contributed by atoms with Gasteiger partial charge in [-0.25, -0.2) is 4.39 Å². The highest BCUT2D eigenvalue weighted by atomic mass is 79.9. The summed E-state index contributed by atoms with van der Waals surface area (Å²) in [6.07, 6.45) is 1.41. The summed E-state index contributed by atoms with van der Waals surface area (Å²) in [5.74, 6) is 0.730. The Hall–Kier alpha value is -1.39. The van der Waals surface area contributed by atoms with Gasteiger partial charge in [-0.1, -0.05) is 41.9 Å². The lowest BCUT2D eigenvalue weighted by atomic mass is 9.98. The van der Waals surface area contributed by atoms with Crippen LogP contribution in [0.25, 0.3) is 0 Å². The summed E-state index contributed by atoms with van der Waals surface area (Å²) < 4.78 is 20.8. The molecule has 0 fully saturated rings. The third kappa shape index (κ3) is 4.81. The van der Waals surface area contributed by atoms with Crippen molar-refractivity contribution in [1.82, 2.24) is 4.90 Å². The van der Waals surface area contributed by atoms with Crippen LogP contribution < -0.4 is 4.74 Å². The summed E-state index contributed by atoms with van der Waals surface area (Å²) in [6, 6.07) is 11.3. The first-order valence-corrected chi connectivity index (χ1v) is 9.19. The van der Waals surface area contributed by atoms with Crippen molar-refractivity contribution in [3.8, 4) is 5.75 Å². The number of aryl methyl sites for hydroxylation is 1. The molecule has 0 atom stereocenters. The Morgan fingerprint density at radius 2 is 1.79 bits per heavy atom. The molecule has 0 aliphatic carbocycles. The maximum absolute atomic E-state index is 14.4. The molecule has 0 heterocycles. The zero-order valence-corrected chi connectivity index (χ0v) is 16.2. The van der Waals surface area contributed by atoms with E-state index in [0.29, 0.717) is 6.42 Å². The van der Waals surface area contributed by atoms with Gasteiger partial charge >= 0.3 is 0 Å². The van der Waals surface area contributed by atoms with Crippen molar-refractivity contribution in [1.29, 1.82) is 0 Å². The summed E-state index contributed by atoms with van der Waals surface area (Å²) in [5, 5.41) is 0. The smallest absolute Gasteiger partial charge is 0.126 e. The van der Waals surface area contributed by atoms with Gasteiger partial charge in [-0.15, -0.1) is 0 Å². The van der Waals surface area contributed by atoms with Crippen LogP contribution in [0.5, 0.6) is 5.75 Å². The van der Waals surface area contributed by atoms with Crippen LogP contribution in [0.15, 0.2) is 40.9 Å². The van der Waals surface area contributed by atoms with E-state index in [4.69, 9.17) is 4.74 Å². The molecular weight excluding hydrogens is 369 g/mol. The first-order chi connectivity index (χ1) is 11.6. The van der Waals surface area contributed by atoms with E-state index in [1.54, 1.807) is 19.2 Å². The third-order valence-electron chi connectivity index (χ3n) is 4.39. The summed E-state index contributed by atoms with van der Waals surface area (Å²) in [5.41, 5.74) is 2.98. The quantitative estimate of drug-likeness (QED) is 0.609. The lowest BCUT2D eigenvalue weighted by molar-refractivity contribution is 0.294. The zero-order valence-electron chi connectivity index (χ0n) is 14.6. The van der Waals surface area contributed by atoms with Crippen LogP contribution in [-0.4, -0.2) is 25.1 Å². The minimum atomic E-state index is -0.117. The molecule has 0 radical (unpaired) electrons. The Balaban J connectivity index is 2.22. The van der Waals surface area contributed by atoms with E-state index in [1.165, 1.54) is 0 Å². The van der Waals surface area contributed by atoms with Crippen molar-refractivity contribution >= 4 is 15.9 Å². The number of ether oxygens (including phenoxy) is 1. The highest BCUT2D eigenvalue weighted by Gasteiger charge is 2.12. The number of nitrogens with zero attached hydrogens (tertiary/aromatic N) is 1. The van der Waals surface area contributed by atoms with Crippen LogP contribution in [0, 0.1) is 5.82 Å². The normalized spacial score (nSPS) is 11.1. The molecule has 0 saturated carbocycles. The van der Waals surface area contributed by atoms with E-state index < -0.39 is 0 Å². The van der Waals surface area contributed by atoms with E-state index in [9.17, 15) is 4.39 Å². The molecule has 0 amide bonds. The van der Waals surface area contributed by atoms with Gasteiger partial charge in [-0.05, 0) is 66.9 Å². The second-order valence-corrected chi connectivity index (χ2v) is 6.71. The molecule has 2 aromatic rings. The molecule has 24 heavy (non-hydrogen) atoms. The number of hydrogen-bond acceptors (Lipinski definition) is 2. The van der Waals surface area contributed by atoms with Gasteiger partial charge in [0.25, 0.3) is 0 Å². The van der Waals surface area contributed by atoms with Gasteiger partial charge in [0.1, 0.15) is 11.6 Å². The average molecular weight is 394 g/mol. The zero-order chi connectivity index (χ0) is 17.5. The van der Waals surface area contributed by atoms with E-state index in [-0.39, 0.29) is 5.82 Å². The van der Waals surface area contributed by atoms with E-state index >= 15 is 0 Å². The van der Waals surface area contributed by atoms with Crippen LogP contribution in [-0.2, 0) is 19.4 Å². The lowest BCUT2D eigenvalue weighted by Gasteiger charge is -2.20. The first-order valence-electron chi connectivity index (χ1n) is 8.40. The Kier molecular flexibility index (Phi) is 7.25. The maximum Gasteiger partial charge on any atom is 0.126 e. The predicted molar refractivity (Wildman–Crippen MR) is 101 cm³/mol. The highest BCUT2D eigenvalue weighted by molar-refractivity contribution is 9.10. The third-order valence-corrected chi connectivity index (χ3v) is 4.88. The van der Waals surface area contributed by atoms with Crippen LogP contribution in [0.2, 0.25) is 0 Å². The number of hydrogen-bond donors (Lipinski definition) is 0. The second-order valence-electron chi connectivity index (χ2n) is 5.80. The Morgan fingerprint density at radius 3 is 2.46 bits per heavy atom. The average Bonchev–Trinajstić information content (AvgIpc) is 2.59. The van der Waals surface area contributed by atoms with Crippen LogP contribution >= 0.6 is 15.9 Å². The molecule has 0 aromatic heterocycles. The van der Waals surface area contributed by atoms with Crippen molar-refractivity contribution < 1.29 is 9.13 Å². The second kappa shape index (κ2) is 9.19. The molecule has 0 unspecified atom stereocenters. The molecule has 2 aromatic carbocycles. The van der Waals surface area contributed by atoms with Gasteiger partial charge in [-0.3, -0.25) is 4.90 Å². The van der Waals surface area contributed by atoms with E-state index in [0.717, 1.165) is 53.0 Å². The van der Waals surface area contributed by atoms with Gasteiger partial charge in [0.2, 0.25) is 0 Å². The van der Waals surface area contributed by atoms with Gasteiger partial charge in [-0.2, -0.15) is 0 Å². The number of halogens is 2. The molecule has 2 nitrogen and oxygen atoms in total. The van der Waals surface area contributed by atoms with Crippen LogP contribution in [0.3, 0.4) is 0 Å². The topological polar surface area (TPSA) is 12.5 Å². The van der Waals surface area contributed by atoms with Crippen molar-refractivity contribution in [3.05, 3.63) is 63.4 Å². The summed E-state index contributed by atoms with van der Waals surface area (Å²) in [7, 11) is 1.67. The molecule has 4 heteroatoms. The van der Waals surface area contributed by atoms with E-state index in [2.05, 4.69) is 34.7 Å². The standard InChI is InChI=1S/C20H25BrFNO/c1-4-23(5-2)14-16-7-6-8-19(22)18(16)11-9-15-13-17(21)10-12-20(15)24-3/h6-8,10,12-13H,4-5,9,11,14H2,1-3H3. The Morgan fingerprint density at radius 1 is 1.04 bits per heavy atom. The molecular formula is C20H25BrFNO. The van der Waals surface area contributed by atoms with Gasteiger partial charge < -0.3 is 4.74 Å². The minimum absolute atomic E-state index is 0.117. The highest BCUT2D eigenvalue weighted by Crippen LogP contribution is 2.26. The van der Waals surface area contributed by atoms with Gasteiger partial charge in [0.15, 0.2) is 0 Å². The molecule has 0 saturated heterocycles. The molecule has 0 spiro atoms. The summed E-state index contributed by atoms with van der Waals surface area (Å²) in [6.45, 7) is 6.98. The molecule has 0 bridgehead atoms. The Labute approximate surface area is 152 Å². The lowest BCUT2D eigenvalue weighted by Crippen LogP contribution is -2.23. The number of benzene rings is 2. The van der Waals surface area contributed by atoms with Crippen molar-refractivity contribution in [2.24, 2.45) is 0 Å². The molecule has 0 aliphatic heterocycles. The first kappa shape index (κ1) is 18.9. The SMILES string of the molecule is CCN(CC)Cc1cccc(F)c1CCc1cc(Br)ccc1OC. The molecule has 130 valence electrons. The summed E-state index contributed by atoms with van der Waals surface area (Å²) in [4.78, 5) is 2.30. The van der Waals surface area contributed by atoms with Gasteiger partial charge in [0.05, 0.1) is 7.11 Å². The molecule has 2 rings (SSSR count). The Bertz CT molecular complexity index is 671. The number of methoxy groups -OCH3 is 1. The minimum Gasteiger partial charge on any atom is -0.496 e. The fraction of sp³-hybridized carbons (Fsp3) is 0.400. The maximum atomic E-state index is 14.4. The molecule has 0 N–H and O–H groups in total. The van der Waals surface area contributed by atoms with E-state index in [1.807, 2.05) is 24.3 Å². The van der Waals surface area contributed by atoms with Gasteiger partial charge in [0, 0.05) is 11.0 Å². The monoisotopic (exact) mass is 393 g/mol. The van der Waals surface area contributed by atoms with Crippen molar-refractivity contribution in [3.63, 3.8) is 0 Å². The predicted octanol–water partition coefficient (Wildman–Crippen LogP) is 5.22. The fourth-order valence-corrected chi connectivity index (χ4v) is 3.33. The fourth-order valence-electron chi connectivity index (χ4n) is 2.92. The molecule has 0 aliphatic rings. The van der Waals surface area contributed by atoms with Crippen molar-refractivity contribution in [2.45, 2.75) is 33.2 Å². The number of rotatable bonds is 8.